The van der Waals surface area contributed by atoms with E-state index in [9.17, 15) is 9.59 Å². The maximum atomic E-state index is 12.3. The first-order chi connectivity index (χ1) is 11.8. The van der Waals surface area contributed by atoms with Gasteiger partial charge in [0.1, 0.15) is 6.10 Å². The highest BCUT2D eigenvalue weighted by atomic mass is 16.5. The van der Waals surface area contributed by atoms with Crippen molar-refractivity contribution < 1.29 is 28.9 Å². The molecule has 1 aliphatic heterocycles. The Hall–Kier alpha value is -2.28. The molecule has 1 unspecified atom stereocenters. The van der Waals surface area contributed by atoms with Gasteiger partial charge in [-0.2, -0.15) is 0 Å². The second-order valence-corrected chi connectivity index (χ2v) is 6.34. The number of nitrogens with one attached hydrogen (secondary N) is 1. The molecule has 1 amide bonds. The molecule has 1 aliphatic rings. The van der Waals surface area contributed by atoms with Crippen LogP contribution in [0, 0.1) is 0 Å². The van der Waals surface area contributed by atoms with Crippen LogP contribution in [0.15, 0.2) is 18.2 Å². The second kappa shape index (κ2) is 8.20. The molecule has 7 nitrogen and oxygen atoms in total. The molecule has 0 saturated carbocycles. The lowest BCUT2D eigenvalue weighted by atomic mass is 10.1. The van der Waals surface area contributed by atoms with Crippen LogP contribution in [-0.2, 0) is 14.3 Å². The Kier molecular flexibility index (Phi) is 6.25. The number of carboxylic acids is 1. The number of carboxylic acid groups (broad SMARTS) is 1. The summed E-state index contributed by atoms with van der Waals surface area (Å²) in [4.78, 5) is 23.2. The quantitative estimate of drug-likeness (QED) is 0.783. The van der Waals surface area contributed by atoms with Gasteiger partial charge in [-0.25, -0.2) is 4.79 Å². The average Bonchev–Trinajstić information content (AvgIpc) is 3.05. The lowest BCUT2D eigenvalue weighted by Crippen LogP contribution is -2.37. The van der Waals surface area contributed by atoms with Gasteiger partial charge in [0, 0.05) is 0 Å². The van der Waals surface area contributed by atoms with Gasteiger partial charge in [-0.1, -0.05) is 6.07 Å². The molecule has 0 aliphatic carbocycles. The number of methoxy groups -OCH3 is 1. The van der Waals surface area contributed by atoms with E-state index in [4.69, 9.17) is 19.3 Å². The average molecular weight is 351 g/mol. The Morgan fingerprint density at radius 1 is 1.20 bits per heavy atom. The number of aliphatic carboxylic acids is 1. The third kappa shape index (κ3) is 4.85. The third-order valence-electron chi connectivity index (χ3n) is 4.00. The van der Waals surface area contributed by atoms with E-state index in [0.29, 0.717) is 24.3 Å². The normalized spacial score (nSPS) is 21.0. The summed E-state index contributed by atoms with van der Waals surface area (Å²) >= 11 is 0. The van der Waals surface area contributed by atoms with Crippen molar-refractivity contribution in [2.24, 2.45) is 0 Å². The first-order valence-corrected chi connectivity index (χ1v) is 8.35. The van der Waals surface area contributed by atoms with Crippen LogP contribution in [0.25, 0.3) is 0 Å². The highest BCUT2D eigenvalue weighted by Crippen LogP contribution is 2.31. The highest BCUT2D eigenvalue weighted by molar-refractivity contribution is 5.83. The van der Waals surface area contributed by atoms with Gasteiger partial charge < -0.3 is 24.6 Å². The number of hydrogen-bond acceptors (Lipinski definition) is 5. The van der Waals surface area contributed by atoms with Crippen LogP contribution in [0.5, 0.6) is 11.5 Å². The zero-order chi connectivity index (χ0) is 18.6. The van der Waals surface area contributed by atoms with E-state index < -0.39 is 18.2 Å². The maximum Gasteiger partial charge on any atom is 0.332 e. The summed E-state index contributed by atoms with van der Waals surface area (Å²) in [6.45, 7) is 5.71. The van der Waals surface area contributed by atoms with Crippen LogP contribution in [0.4, 0.5) is 0 Å². The molecule has 3 atom stereocenters. The van der Waals surface area contributed by atoms with Crippen LogP contribution in [0.3, 0.4) is 0 Å². The summed E-state index contributed by atoms with van der Waals surface area (Å²) in [6, 6.07) is 5.21. The molecule has 1 saturated heterocycles. The van der Waals surface area contributed by atoms with E-state index in [1.165, 1.54) is 0 Å². The number of amides is 1. The topological polar surface area (TPSA) is 94.1 Å². The Morgan fingerprint density at radius 2 is 1.88 bits per heavy atom. The molecule has 1 heterocycles. The van der Waals surface area contributed by atoms with Crippen molar-refractivity contribution in [2.75, 3.05) is 7.11 Å². The number of ether oxygens (including phenoxy) is 3. The summed E-state index contributed by atoms with van der Waals surface area (Å²) in [5.74, 6) is -0.106. The molecular formula is C18H25NO6. The number of carbonyl (C=O) groups is 2. The molecule has 2 N–H and O–H groups in total. The van der Waals surface area contributed by atoms with E-state index in [2.05, 4.69) is 5.32 Å². The molecule has 138 valence electrons. The van der Waals surface area contributed by atoms with E-state index >= 15 is 0 Å². The molecular weight excluding hydrogens is 326 g/mol. The number of benzene rings is 1. The van der Waals surface area contributed by atoms with Crippen LogP contribution < -0.4 is 14.8 Å². The fourth-order valence-electron chi connectivity index (χ4n) is 2.71. The molecule has 2 rings (SSSR count). The van der Waals surface area contributed by atoms with Gasteiger partial charge in [-0.3, -0.25) is 4.79 Å². The summed E-state index contributed by atoms with van der Waals surface area (Å²) in [6.07, 6.45) is -0.858. The van der Waals surface area contributed by atoms with Crippen molar-refractivity contribution >= 4 is 11.9 Å². The van der Waals surface area contributed by atoms with E-state index in [-0.39, 0.29) is 18.1 Å². The van der Waals surface area contributed by atoms with Crippen molar-refractivity contribution in [1.29, 1.82) is 0 Å². The fourth-order valence-corrected chi connectivity index (χ4v) is 2.71. The highest BCUT2D eigenvalue weighted by Gasteiger charge is 2.35. The van der Waals surface area contributed by atoms with Crippen molar-refractivity contribution in [3.05, 3.63) is 23.8 Å². The van der Waals surface area contributed by atoms with Gasteiger partial charge in [0.15, 0.2) is 17.6 Å². The molecule has 1 aromatic rings. The summed E-state index contributed by atoms with van der Waals surface area (Å²) < 4.78 is 16.3. The monoisotopic (exact) mass is 351 g/mol. The van der Waals surface area contributed by atoms with Crippen molar-refractivity contribution in [2.45, 2.75) is 58.0 Å². The minimum atomic E-state index is -1.03. The zero-order valence-corrected chi connectivity index (χ0v) is 14.9. The van der Waals surface area contributed by atoms with Crippen molar-refractivity contribution in [3.8, 4) is 11.5 Å². The maximum absolute atomic E-state index is 12.3. The number of carbonyl (C=O) groups excluding carboxylic acids is 1. The van der Waals surface area contributed by atoms with Crippen LogP contribution in [0.2, 0.25) is 0 Å². The predicted molar refractivity (Wildman–Crippen MR) is 90.8 cm³/mol. The Morgan fingerprint density at radius 3 is 2.44 bits per heavy atom. The largest absolute Gasteiger partial charge is 0.493 e. The summed E-state index contributed by atoms with van der Waals surface area (Å²) in [5.41, 5.74) is 0.856. The Bertz CT molecular complexity index is 630. The van der Waals surface area contributed by atoms with Crippen molar-refractivity contribution in [1.82, 2.24) is 5.32 Å². The Labute approximate surface area is 147 Å². The van der Waals surface area contributed by atoms with Gasteiger partial charge in [0.05, 0.1) is 19.3 Å². The summed E-state index contributed by atoms with van der Waals surface area (Å²) in [5, 5.41) is 11.8. The minimum absolute atomic E-state index is 0.0265. The van der Waals surface area contributed by atoms with Gasteiger partial charge in [-0.05, 0) is 51.3 Å². The van der Waals surface area contributed by atoms with Crippen molar-refractivity contribution in [3.63, 3.8) is 0 Å². The molecule has 0 spiro atoms. The molecule has 0 radical (unpaired) electrons. The van der Waals surface area contributed by atoms with Gasteiger partial charge in [0.2, 0.25) is 5.91 Å². The van der Waals surface area contributed by atoms with E-state index in [1.807, 2.05) is 39.0 Å². The molecule has 0 aromatic heterocycles. The van der Waals surface area contributed by atoms with Gasteiger partial charge in [0.25, 0.3) is 0 Å². The molecule has 7 heteroatoms. The fraction of sp³-hybridized carbons (Fsp3) is 0.556. The lowest BCUT2D eigenvalue weighted by molar-refractivity contribution is -0.151. The van der Waals surface area contributed by atoms with Gasteiger partial charge >= 0.3 is 5.97 Å². The van der Waals surface area contributed by atoms with Crippen LogP contribution in [-0.4, -0.2) is 42.4 Å². The SMILES string of the molecule is COc1cc(C(C)NC(=O)[C@@H]2CC[C@H](C(=O)O)O2)ccc1OC(C)C. The molecule has 1 fully saturated rings. The molecule has 1 aromatic carbocycles. The smallest absolute Gasteiger partial charge is 0.332 e. The molecule has 25 heavy (non-hydrogen) atoms. The van der Waals surface area contributed by atoms with Gasteiger partial charge in [-0.15, -0.1) is 0 Å². The standard InChI is InChI=1S/C18H25NO6/c1-10(2)24-13-6-5-12(9-16(13)23-4)11(3)19-17(20)14-7-8-15(25-14)18(21)22/h5-6,9-11,14-15H,7-8H2,1-4H3,(H,19,20)(H,21,22)/t11?,14-,15+/m0/s1. The van der Waals surface area contributed by atoms with E-state index in [0.717, 1.165) is 5.56 Å². The van der Waals surface area contributed by atoms with E-state index in [1.54, 1.807) is 7.11 Å². The number of rotatable bonds is 7. The minimum Gasteiger partial charge on any atom is -0.493 e. The predicted octanol–water partition coefficient (Wildman–Crippen LogP) is 2.29. The lowest BCUT2D eigenvalue weighted by Gasteiger charge is -2.20. The number of hydrogen-bond donors (Lipinski definition) is 2. The van der Waals surface area contributed by atoms with Crippen LogP contribution in [0.1, 0.15) is 45.2 Å². The first kappa shape index (κ1) is 19.1. The van der Waals surface area contributed by atoms with Crippen LogP contribution >= 0.6 is 0 Å². The second-order valence-electron chi connectivity index (χ2n) is 6.34. The first-order valence-electron chi connectivity index (χ1n) is 8.35. The summed E-state index contributed by atoms with van der Waals surface area (Å²) in [7, 11) is 1.56. The zero-order valence-electron chi connectivity index (χ0n) is 14.9. The third-order valence-corrected chi connectivity index (χ3v) is 4.00. The Balaban J connectivity index is 2.01. The molecule has 0 bridgehead atoms.